The van der Waals surface area contributed by atoms with Crippen molar-refractivity contribution in [2.24, 2.45) is 0 Å². The van der Waals surface area contributed by atoms with Gasteiger partial charge < -0.3 is 9.88 Å². The molecule has 0 aromatic carbocycles. The molecule has 0 saturated heterocycles. The molecule has 0 aliphatic rings. The number of pyridine rings is 1. The van der Waals surface area contributed by atoms with Crippen molar-refractivity contribution < 1.29 is 0 Å². The van der Waals surface area contributed by atoms with Crippen LogP contribution < -0.4 is 10.5 Å². The lowest BCUT2D eigenvalue weighted by Gasteiger charge is -2.22. The zero-order valence-electron chi connectivity index (χ0n) is 8.92. The summed E-state index contributed by atoms with van der Waals surface area (Å²) in [7, 11) is 0. The smallest absolute Gasteiger partial charge is 0.249 e. The van der Waals surface area contributed by atoms with Crippen LogP contribution in [0.15, 0.2) is 23.0 Å². The molecule has 14 heavy (non-hydrogen) atoms. The van der Waals surface area contributed by atoms with Crippen LogP contribution >= 0.6 is 0 Å². The van der Waals surface area contributed by atoms with E-state index in [0.717, 1.165) is 31.7 Å². The molecule has 1 aromatic heterocycles. The minimum absolute atomic E-state index is 0.0280. The van der Waals surface area contributed by atoms with Crippen LogP contribution in [0.2, 0.25) is 0 Å². The Morgan fingerprint density at radius 1 is 1.21 bits per heavy atom. The van der Waals surface area contributed by atoms with E-state index in [1.807, 2.05) is 6.07 Å². The Kier molecular flexibility index (Phi) is 4.23. The summed E-state index contributed by atoms with van der Waals surface area (Å²) < 4.78 is 0. The van der Waals surface area contributed by atoms with Crippen LogP contribution in [0.1, 0.15) is 26.7 Å². The largest absolute Gasteiger partial charge is 0.358 e. The van der Waals surface area contributed by atoms with E-state index in [-0.39, 0.29) is 5.56 Å². The molecule has 0 saturated carbocycles. The third-order valence-electron chi connectivity index (χ3n) is 2.08. The number of hydrogen-bond donors (Lipinski definition) is 1. The third kappa shape index (κ3) is 2.91. The molecule has 1 aromatic rings. The van der Waals surface area contributed by atoms with Gasteiger partial charge in [-0.05, 0) is 18.9 Å². The highest BCUT2D eigenvalue weighted by molar-refractivity contribution is 5.37. The Balaban J connectivity index is 2.81. The lowest BCUT2D eigenvalue weighted by molar-refractivity contribution is 0.733. The highest BCUT2D eigenvalue weighted by Gasteiger charge is 2.03. The standard InChI is InChI=1S/C11H18N2O/c1-3-8-13(9-4-2)10-6-5-7-11(14)12-10/h5-7H,3-4,8-9H2,1-2H3,(H,12,14). The SMILES string of the molecule is CCCN(CCC)c1cccc(=O)[nH]1. The van der Waals surface area contributed by atoms with Crippen LogP contribution in [-0.2, 0) is 0 Å². The average molecular weight is 194 g/mol. The number of nitrogens with one attached hydrogen (secondary N) is 1. The number of aromatic nitrogens is 1. The van der Waals surface area contributed by atoms with Crippen LogP contribution in [-0.4, -0.2) is 18.1 Å². The fourth-order valence-corrected chi connectivity index (χ4v) is 1.51. The van der Waals surface area contributed by atoms with Gasteiger partial charge >= 0.3 is 0 Å². The minimum Gasteiger partial charge on any atom is -0.358 e. The third-order valence-corrected chi connectivity index (χ3v) is 2.08. The summed E-state index contributed by atoms with van der Waals surface area (Å²) in [5.74, 6) is 0.932. The molecule has 0 aliphatic heterocycles. The summed E-state index contributed by atoms with van der Waals surface area (Å²) in [6.07, 6.45) is 2.19. The van der Waals surface area contributed by atoms with Crippen molar-refractivity contribution in [3.63, 3.8) is 0 Å². The summed E-state index contributed by atoms with van der Waals surface area (Å²) in [5.41, 5.74) is -0.0280. The molecule has 1 N–H and O–H groups in total. The number of nitrogens with zero attached hydrogens (tertiary/aromatic N) is 1. The van der Waals surface area contributed by atoms with Gasteiger partial charge in [0.25, 0.3) is 0 Å². The second kappa shape index (κ2) is 5.47. The summed E-state index contributed by atoms with van der Waals surface area (Å²) in [4.78, 5) is 16.2. The molecule has 0 amide bonds. The molecule has 3 nitrogen and oxygen atoms in total. The average Bonchev–Trinajstić information content (AvgIpc) is 2.17. The molecule has 0 bridgehead atoms. The first-order valence-electron chi connectivity index (χ1n) is 5.22. The predicted molar refractivity (Wildman–Crippen MR) is 59.9 cm³/mol. The fraction of sp³-hybridized carbons (Fsp3) is 0.545. The Labute approximate surface area is 84.8 Å². The predicted octanol–water partition coefficient (Wildman–Crippen LogP) is 2.00. The van der Waals surface area contributed by atoms with Crippen molar-refractivity contribution in [1.29, 1.82) is 0 Å². The summed E-state index contributed by atoms with van der Waals surface area (Å²) in [6.45, 7) is 6.27. The van der Waals surface area contributed by atoms with Crippen molar-refractivity contribution in [2.75, 3.05) is 18.0 Å². The van der Waals surface area contributed by atoms with E-state index in [4.69, 9.17) is 0 Å². The number of aromatic amines is 1. The van der Waals surface area contributed by atoms with E-state index in [1.165, 1.54) is 0 Å². The maximum absolute atomic E-state index is 11.1. The van der Waals surface area contributed by atoms with Crippen molar-refractivity contribution >= 4 is 5.82 Å². The van der Waals surface area contributed by atoms with Gasteiger partial charge in [0, 0.05) is 19.2 Å². The normalized spacial score (nSPS) is 10.1. The molecule has 0 unspecified atom stereocenters. The van der Waals surface area contributed by atoms with Crippen LogP contribution in [0, 0.1) is 0 Å². The maximum atomic E-state index is 11.1. The second-order valence-corrected chi connectivity index (χ2v) is 3.39. The van der Waals surface area contributed by atoms with Gasteiger partial charge in [0.15, 0.2) is 0 Å². The number of rotatable bonds is 5. The molecule has 3 heteroatoms. The van der Waals surface area contributed by atoms with Gasteiger partial charge in [0.1, 0.15) is 5.82 Å². The van der Waals surface area contributed by atoms with Crippen LogP contribution in [0.25, 0.3) is 0 Å². The molecule has 1 heterocycles. The quantitative estimate of drug-likeness (QED) is 0.778. The van der Waals surface area contributed by atoms with E-state index in [1.54, 1.807) is 12.1 Å². The Morgan fingerprint density at radius 2 is 1.86 bits per heavy atom. The lowest BCUT2D eigenvalue weighted by atomic mass is 10.3. The van der Waals surface area contributed by atoms with Gasteiger partial charge in [-0.25, -0.2) is 0 Å². The summed E-state index contributed by atoms with van der Waals surface area (Å²) in [5, 5.41) is 0. The summed E-state index contributed by atoms with van der Waals surface area (Å²) >= 11 is 0. The molecule has 0 atom stereocenters. The molecule has 78 valence electrons. The van der Waals surface area contributed by atoms with Gasteiger partial charge in [0.05, 0.1) is 0 Å². The topological polar surface area (TPSA) is 36.1 Å². The molecule has 0 spiro atoms. The maximum Gasteiger partial charge on any atom is 0.249 e. The van der Waals surface area contributed by atoms with Gasteiger partial charge in [0.2, 0.25) is 5.56 Å². The second-order valence-electron chi connectivity index (χ2n) is 3.39. The van der Waals surface area contributed by atoms with Gasteiger partial charge in [-0.15, -0.1) is 0 Å². The van der Waals surface area contributed by atoms with Crippen LogP contribution in [0.4, 0.5) is 5.82 Å². The molecular formula is C11H18N2O. The first-order valence-corrected chi connectivity index (χ1v) is 5.22. The molecule has 0 aliphatic carbocycles. The number of H-pyrrole nitrogens is 1. The molecule has 1 rings (SSSR count). The molecule has 0 fully saturated rings. The van der Waals surface area contributed by atoms with Gasteiger partial charge in [-0.1, -0.05) is 19.9 Å². The van der Waals surface area contributed by atoms with Crippen LogP contribution in [0.5, 0.6) is 0 Å². The van der Waals surface area contributed by atoms with Crippen LogP contribution in [0.3, 0.4) is 0 Å². The lowest BCUT2D eigenvalue weighted by Crippen LogP contribution is -2.27. The van der Waals surface area contributed by atoms with E-state index in [2.05, 4.69) is 23.7 Å². The number of anilines is 1. The van der Waals surface area contributed by atoms with Crippen molar-refractivity contribution in [3.8, 4) is 0 Å². The van der Waals surface area contributed by atoms with Crippen molar-refractivity contribution in [2.45, 2.75) is 26.7 Å². The first-order chi connectivity index (χ1) is 6.77. The van der Waals surface area contributed by atoms with E-state index in [0.29, 0.717) is 0 Å². The monoisotopic (exact) mass is 194 g/mol. The zero-order chi connectivity index (χ0) is 10.4. The van der Waals surface area contributed by atoms with E-state index in [9.17, 15) is 4.79 Å². The first kappa shape index (κ1) is 10.8. The Hall–Kier alpha value is -1.25. The minimum atomic E-state index is -0.0280. The van der Waals surface area contributed by atoms with E-state index >= 15 is 0 Å². The van der Waals surface area contributed by atoms with Crippen molar-refractivity contribution in [1.82, 2.24) is 4.98 Å². The fourth-order valence-electron chi connectivity index (χ4n) is 1.51. The Bertz CT molecular complexity index is 313. The molecular weight excluding hydrogens is 176 g/mol. The highest BCUT2D eigenvalue weighted by atomic mass is 16.1. The zero-order valence-corrected chi connectivity index (χ0v) is 8.92. The van der Waals surface area contributed by atoms with E-state index < -0.39 is 0 Å². The number of hydrogen-bond acceptors (Lipinski definition) is 2. The summed E-state index contributed by atoms with van der Waals surface area (Å²) in [6, 6.07) is 5.29. The van der Waals surface area contributed by atoms with Gasteiger partial charge in [-0.3, -0.25) is 4.79 Å². The highest BCUT2D eigenvalue weighted by Crippen LogP contribution is 2.08. The van der Waals surface area contributed by atoms with Gasteiger partial charge in [-0.2, -0.15) is 0 Å². The van der Waals surface area contributed by atoms with Crippen molar-refractivity contribution in [3.05, 3.63) is 28.6 Å². The Morgan fingerprint density at radius 3 is 2.36 bits per heavy atom. The molecule has 0 radical (unpaired) electrons.